The summed E-state index contributed by atoms with van der Waals surface area (Å²) in [5.74, 6) is 0.932. The number of pyridine rings is 1. The molecule has 142 valence electrons. The maximum Gasteiger partial charge on any atom is 0.268 e. The summed E-state index contributed by atoms with van der Waals surface area (Å²) >= 11 is 7.84. The minimum absolute atomic E-state index is 0.172. The lowest BCUT2D eigenvalue weighted by atomic mass is 9.92. The fraction of sp³-hybridized carbons (Fsp3) is 0.190. The van der Waals surface area contributed by atoms with Crippen molar-refractivity contribution in [1.82, 2.24) is 14.8 Å². The number of nitrogens with zero attached hydrogens (tertiary/aromatic N) is 3. The van der Waals surface area contributed by atoms with Gasteiger partial charge in [-0.05, 0) is 18.2 Å². The van der Waals surface area contributed by atoms with E-state index in [1.165, 1.54) is 11.3 Å². The van der Waals surface area contributed by atoms with Crippen molar-refractivity contribution in [3.8, 4) is 5.82 Å². The maximum atomic E-state index is 13.0. The molecule has 1 amide bonds. The number of hydrogen-bond acceptors (Lipinski definition) is 4. The molecule has 0 aliphatic heterocycles. The summed E-state index contributed by atoms with van der Waals surface area (Å²) in [6.45, 7) is 6.23. The van der Waals surface area contributed by atoms with Crippen LogP contribution >= 0.6 is 22.9 Å². The lowest BCUT2D eigenvalue weighted by Crippen LogP contribution is -2.15. The molecule has 4 rings (SSSR count). The first-order chi connectivity index (χ1) is 13.3. The normalized spacial score (nSPS) is 11.7. The summed E-state index contributed by atoms with van der Waals surface area (Å²) < 4.78 is 2.63. The van der Waals surface area contributed by atoms with Gasteiger partial charge in [0.25, 0.3) is 5.91 Å². The van der Waals surface area contributed by atoms with Gasteiger partial charge in [0, 0.05) is 27.8 Å². The Kier molecular flexibility index (Phi) is 4.69. The third kappa shape index (κ3) is 3.41. The zero-order valence-electron chi connectivity index (χ0n) is 15.7. The van der Waals surface area contributed by atoms with Gasteiger partial charge in [-0.15, -0.1) is 11.3 Å². The Morgan fingerprint density at radius 2 is 1.89 bits per heavy atom. The molecule has 0 aliphatic rings. The zero-order chi connectivity index (χ0) is 19.9. The van der Waals surface area contributed by atoms with Crippen LogP contribution in [0.25, 0.3) is 15.9 Å². The van der Waals surface area contributed by atoms with Crippen molar-refractivity contribution in [3.05, 3.63) is 70.3 Å². The van der Waals surface area contributed by atoms with Crippen LogP contribution in [0, 0.1) is 0 Å². The Bertz CT molecular complexity index is 1160. The number of aromatic nitrogens is 3. The number of carbonyl (C=O) groups excluding carboxylic acids is 1. The Morgan fingerprint density at radius 1 is 1.14 bits per heavy atom. The van der Waals surface area contributed by atoms with E-state index < -0.39 is 0 Å². The summed E-state index contributed by atoms with van der Waals surface area (Å²) in [6, 6.07) is 15.2. The van der Waals surface area contributed by atoms with E-state index in [2.05, 4.69) is 36.2 Å². The number of amides is 1. The fourth-order valence-electron chi connectivity index (χ4n) is 2.82. The van der Waals surface area contributed by atoms with E-state index in [9.17, 15) is 4.79 Å². The third-order valence-corrected chi connectivity index (χ3v) is 6.00. The Hall–Kier alpha value is -2.70. The lowest BCUT2D eigenvalue weighted by molar-refractivity contribution is 0.103. The molecule has 0 spiro atoms. The lowest BCUT2D eigenvalue weighted by Gasteiger charge is -2.13. The van der Waals surface area contributed by atoms with Gasteiger partial charge in [-0.2, -0.15) is 9.78 Å². The van der Waals surface area contributed by atoms with Gasteiger partial charge in [0.15, 0.2) is 5.82 Å². The largest absolute Gasteiger partial charge is 0.306 e. The summed E-state index contributed by atoms with van der Waals surface area (Å²) in [7, 11) is 0. The highest BCUT2D eigenvalue weighted by molar-refractivity contribution is 7.21. The molecule has 0 saturated heterocycles. The molecule has 1 aromatic carbocycles. The molecule has 3 aromatic heterocycles. The summed E-state index contributed by atoms with van der Waals surface area (Å²) in [4.78, 5) is 17.8. The number of carbonyl (C=O) groups is 1. The number of anilines is 1. The van der Waals surface area contributed by atoms with Crippen LogP contribution < -0.4 is 5.32 Å². The highest BCUT2D eigenvalue weighted by Gasteiger charge is 2.23. The highest BCUT2D eigenvalue weighted by Crippen LogP contribution is 2.36. The molecule has 0 radical (unpaired) electrons. The van der Waals surface area contributed by atoms with Crippen molar-refractivity contribution in [1.29, 1.82) is 0 Å². The van der Waals surface area contributed by atoms with Crippen LogP contribution in [0.1, 0.15) is 36.1 Å². The number of nitrogens with one attached hydrogen (secondary N) is 1. The number of fused-ring (bicyclic) bond motifs is 1. The number of halogens is 1. The van der Waals surface area contributed by atoms with Gasteiger partial charge in [-0.1, -0.05) is 56.6 Å². The van der Waals surface area contributed by atoms with Gasteiger partial charge in [0.1, 0.15) is 10.7 Å². The molecule has 0 bridgehead atoms. The van der Waals surface area contributed by atoms with Crippen molar-refractivity contribution in [2.24, 2.45) is 0 Å². The molecule has 5 nitrogen and oxygen atoms in total. The Labute approximate surface area is 172 Å². The van der Waals surface area contributed by atoms with E-state index >= 15 is 0 Å². The first kappa shape index (κ1) is 18.7. The fourth-order valence-corrected chi connectivity index (χ4v) is 4.24. The molecule has 0 fully saturated rings. The first-order valence-electron chi connectivity index (χ1n) is 8.85. The molecule has 0 saturated carbocycles. The third-order valence-electron chi connectivity index (χ3n) is 4.33. The molecule has 4 aromatic rings. The van der Waals surface area contributed by atoms with E-state index in [1.54, 1.807) is 10.9 Å². The van der Waals surface area contributed by atoms with E-state index in [4.69, 9.17) is 11.6 Å². The molecule has 3 heterocycles. The van der Waals surface area contributed by atoms with Crippen molar-refractivity contribution in [3.63, 3.8) is 0 Å². The molecule has 7 heteroatoms. The van der Waals surface area contributed by atoms with Crippen molar-refractivity contribution in [2.45, 2.75) is 26.2 Å². The van der Waals surface area contributed by atoms with E-state index in [-0.39, 0.29) is 11.3 Å². The molecule has 1 N–H and O–H groups in total. The molecule has 28 heavy (non-hydrogen) atoms. The number of thiophene rings is 1. The monoisotopic (exact) mass is 410 g/mol. The average Bonchev–Trinajstić information content (AvgIpc) is 3.24. The number of hydrogen-bond donors (Lipinski definition) is 1. The van der Waals surface area contributed by atoms with Gasteiger partial charge in [0.2, 0.25) is 0 Å². The second-order valence-corrected chi connectivity index (χ2v) is 8.89. The quantitative estimate of drug-likeness (QED) is 0.472. The van der Waals surface area contributed by atoms with E-state index in [1.807, 2.05) is 48.5 Å². The molecule has 0 atom stereocenters. The van der Waals surface area contributed by atoms with E-state index in [0.29, 0.717) is 21.5 Å². The summed E-state index contributed by atoms with van der Waals surface area (Å²) in [5.41, 5.74) is 0.685. The predicted octanol–water partition coefficient (Wildman–Crippen LogP) is 5.69. The smallest absolute Gasteiger partial charge is 0.268 e. The van der Waals surface area contributed by atoms with Crippen LogP contribution in [0.15, 0.2) is 54.7 Å². The van der Waals surface area contributed by atoms with Crippen LogP contribution in [0.3, 0.4) is 0 Å². The molecule has 0 aliphatic carbocycles. The van der Waals surface area contributed by atoms with E-state index in [0.717, 1.165) is 15.8 Å². The molecule has 0 unspecified atom stereocenters. The summed E-state index contributed by atoms with van der Waals surface area (Å²) in [6.07, 6.45) is 1.70. The van der Waals surface area contributed by atoms with Crippen molar-refractivity contribution in [2.75, 3.05) is 5.32 Å². The van der Waals surface area contributed by atoms with Gasteiger partial charge < -0.3 is 5.32 Å². The average molecular weight is 411 g/mol. The Morgan fingerprint density at radius 3 is 2.57 bits per heavy atom. The van der Waals surface area contributed by atoms with Crippen LogP contribution in [0.2, 0.25) is 5.02 Å². The van der Waals surface area contributed by atoms with Gasteiger partial charge in [0.05, 0.1) is 10.7 Å². The number of rotatable bonds is 3. The number of benzene rings is 1. The minimum atomic E-state index is -0.260. The first-order valence-corrected chi connectivity index (χ1v) is 10.0. The maximum absolute atomic E-state index is 13.0. The SMILES string of the molecule is CC(C)(C)c1cc(NC(=O)c2sc3ccccc3c2Cl)n(-c2ccccn2)n1. The van der Waals surface area contributed by atoms with Crippen molar-refractivity contribution < 1.29 is 4.79 Å². The topological polar surface area (TPSA) is 59.8 Å². The summed E-state index contributed by atoms with van der Waals surface area (Å²) in [5, 5.41) is 8.99. The standard InChI is InChI=1S/C21H19ClN4OS/c1-21(2,3)15-12-17(26(25-15)16-10-6-7-11-23-16)24-20(27)19-18(22)13-8-4-5-9-14(13)28-19/h4-12H,1-3H3,(H,24,27). The van der Waals surface area contributed by atoms with Gasteiger partial charge >= 0.3 is 0 Å². The second kappa shape index (κ2) is 7.04. The molecular formula is C21H19ClN4OS. The van der Waals surface area contributed by atoms with Crippen LogP contribution in [0.5, 0.6) is 0 Å². The zero-order valence-corrected chi connectivity index (χ0v) is 17.3. The highest BCUT2D eigenvalue weighted by atomic mass is 35.5. The van der Waals surface area contributed by atoms with Crippen molar-refractivity contribution >= 4 is 44.7 Å². The predicted molar refractivity (Wildman–Crippen MR) is 115 cm³/mol. The van der Waals surface area contributed by atoms with Crippen LogP contribution in [0.4, 0.5) is 5.82 Å². The van der Waals surface area contributed by atoms with Crippen LogP contribution in [-0.2, 0) is 5.41 Å². The second-order valence-electron chi connectivity index (χ2n) is 7.46. The van der Waals surface area contributed by atoms with Crippen LogP contribution in [-0.4, -0.2) is 20.7 Å². The Balaban J connectivity index is 1.75. The van der Waals surface area contributed by atoms with Gasteiger partial charge in [-0.3, -0.25) is 4.79 Å². The molecular weight excluding hydrogens is 392 g/mol. The van der Waals surface area contributed by atoms with Gasteiger partial charge in [-0.25, -0.2) is 4.98 Å². The minimum Gasteiger partial charge on any atom is -0.306 e.